The van der Waals surface area contributed by atoms with E-state index in [-0.39, 0.29) is 5.82 Å². The SMILES string of the molecule is CSc1cccc(F)c1-c1nc(C2CC2)c(CN)s1. The van der Waals surface area contributed by atoms with E-state index < -0.39 is 0 Å². The van der Waals surface area contributed by atoms with Gasteiger partial charge in [-0.15, -0.1) is 23.1 Å². The first kappa shape index (κ1) is 13.1. The number of aromatic nitrogens is 1. The van der Waals surface area contributed by atoms with Crippen LogP contribution in [0.25, 0.3) is 10.6 Å². The molecule has 1 aromatic carbocycles. The molecular formula is C14H15FN2S2. The highest BCUT2D eigenvalue weighted by Gasteiger charge is 2.30. The molecule has 0 aliphatic heterocycles. The van der Waals surface area contributed by atoms with Crippen molar-refractivity contribution >= 4 is 23.1 Å². The van der Waals surface area contributed by atoms with Gasteiger partial charge in [0.1, 0.15) is 10.8 Å². The molecule has 1 fully saturated rings. The van der Waals surface area contributed by atoms with E-state index in [1.165, 1.54) is 30.2 Å². The fourth-order valence-corrected chi connectivity index (χ4v) is 3.94. The minimum Gasteiger partial charge on any atom is -0.326 e. The van der Waals surface area contributed by atoms with Crippen molar-refractivity contribution in [1.29, 1.82) is 0 Å². The van der Waals surface area contributed by atoms with Gasteiger partial charge in [0.25, 0.3) is 0 Å². The lowest BCUT2D eigenvalue weighted by molar-refractivity contribution is 0.628. The highest BCUT2D eigenvalue weighted by Crippen LogP contribution is 2.45. The zero-order valence-corrected chi connectivity index (χ0v) is 12.3. The third kappa shape index (κ3) is 2.42. The molecule has 1 aromatic heterocycles. The van der Waals surface area contributed by atoms with Crippen LogP contribution in [-0.4, -0.2) is 11.2 Å². The summed E-state index contributed by atoms with van der Waals surface area (Å²) in [6.07, 6.45) is 4.32. The molecule has 2 aromatic rings. The Labute approximate surface area is 120 Å². The van der Waals surface area contributed by atoms with Gasteiger partial charge in [-0.3, -0.25) is 0 Å². The molecule has 19 heavy (non-hydrogen) atoms. The molecule has 0 amide bonds. The molecule has 0 atom stereocenters. The number of halogens is 1. The zero-order chi connectivity index (χ0) is 13.4. The third-order valence-corrected chi connectivity index (χ3v) is 5.18. The maximum atomic E-state index is 14.1. The van der Waals surface area contributed by atoms with Gasteiger partial charge in [0.15, 0.2) is 0 Å². The van der Waals surface area contributed by atoms with Gasteiger partial charge in [-0.25, -0.2) is 9.37 Å². The average molecular weight is 294 g/mol. The van der Waals surface area contributed by atoms with Crippen molar-refractivity contribution in [1.82, 2.24) is 4.98 Å². The second-order valence-corrected chi connectivity index (χ2v) is 6.55. The standard InChI is InChI=1S/C14H15FN2S2/c1-18-10-4-2-3-9(15)12(10)14-17-13(8-5-6-8)11(7-16)19-14/h2-4,8H,5-7,16H2,1H3. The monoisotopic (exact) mass is 294 g/mol. The number of nitrogens with two attached hydrogens (primary N) is 1. The van der Waals surface area contributed by atoms with Crippen LogP contribution in [0.3, 0.4) is 0 Å². The van der Waals surface area contributed by atoms with Crippen LogP contribution < -0.4 is 5.73 Å². The molecule has 5 heteroatoms. The second kappa shape index (κ2) is 5.23. The minimum atomic E-state index is -0.202. The first-order chi connectivity index (χ1) is 9.24. The van der Waals surface area contributed by atoms with Gasteiger partial charge in [-0.2, -0.15) is 0 Å². The zero-order valence-electron chi connectivity index (χ0n) is 10.6. The summed E-state index contributed by atoms with van der Waals surface area (Å²) in [5.74, 6) is 0.347. The first-order valence-corrected chi connectivity index (χ1v) is 8.31. The van der Waals surface area contributed by atoms with Crippen molar-refractivity contribution in [2.45, 2.75) is 30.2 Å². The molecule has 0 saturated heterocycles. The maximum absolute atomic E-state index is 14.1. The van der Waals surface area contributed by atoms with Crippen molar-refractivity contribution in [3.63, 3.8) is 0 Å². The van der Waals surface area contributed by atoms with Crippen LogP contribution in [0.1, 0.15) is 29.3 Å². The van der Waals surface area contributed by atoms with Crippen LogP contribution in [0.5, 0.6) is 0 Å². The van der Waals surface area contributed by atoms with E-state index in [1.807, 2.05) is 12.3 Å². The lowest BCUT2D eigenvalue weighted by Crippen LogP contribution is -1.96. The number of thioether (sulfide) groups is 1. The fourth-order valence-electron chi connectivity index (χ4n) is 2.17. The largest absolute Gasteiger partial charge is 0.326 e. The number of hydrogen-bond donors (Lipinski definition) is 1. The fraction of sp³-hybridized carbons (Fsp3) is 0.357. The van der Waals surface area contributed by atoms with E-state index in [1.54, 1.807) is 17.8 Å². The first-order valence-electron chi connectivity index (χ1n) is 6.27. The molecule has 0 unspecified atom stereocenters. The topological polar surface area (TPSA) is 38.9 Å². The van der Waals surface area contributed by atoms with Crippen molar-refractivity contribution in [2.24, 2.45) is 5.73 Å². The second-order valence-electron chi connectivity index (χ2n) is 4.62. The molecule has 100 valence electrons. The van der Waals surface area contributed by atoms with E-state index in [0.29, 0.717) is 18.0 Å². The molecule has 1 aliphatic carbocycles. The van der Waals surface area contributed by atoms with Crippen molar-refractivity contribution in [3.05, 3.63) is 34.6 Å². The van der Waals surface area contributed by atoms with Gasteiger partial charge in [0.2, 0.25) is 0 Å². The Morgan fingerprint density at radius 2 is 2.26 bits per heavy atom. The highest BCUT2D eigenvalue weighted by atomic mass is 32.2. The van der Waals surface area contributed by atoms with Crippen LogP contribution in [-0.2, 0) is 6.54 Å². The normalized spacial score (nSPS) is 14.9. The Bertz CT molecular complexity index is 605. The summed E-state index contributed by atoms with van der Waals surface area (Å²) in [5.41, 5.74) is 7.51. The molecule has 1 heterocycles. The lowest BCUT2D eigenvalue weighted by Gasteiger charge is -2.05. The Balaban J connectivity index is 2.11. The van der Waals surface area contributed by atoms with E-state index in [4.69, 9.17) is 5.73 Å². The van der Waals surface area contributed by atoms with E-state index >= 15 is 0 Å². The minimum absolute atomic E-state index is 0.202. The Kier molecular flexibility index (Phi) is 3.60. The smallest absolute Gasteiger partial charge is 0.134 e. The average Bonchev–Trinajstić information content (AvgIpc) is 3.18. The lowest BCUT2D eigenvalue weighted by atomic mass is 10.2. The summed E-state index contributed by atoms with van der Waals surface area (Å²) in [7, 11) is 0. The van der Waals surface area contributed by atoms with Crippen LogP contribution in [0.2, 0.25) is 0 Å². The number of nitrogens with zero attached hydrogens (tertiary/aromatic N) is 1. The molecule has 0 radical (unpaired) electrons. The molecule has 0 spiro atoms. The Morgan fingerprint density at radius 1 is 1.47 bits per heavy atom. The number of rotatable bonds is 4. The third-order valence-electron chi connectivity index (χ3n) is 3.29. The molecule has 2 N–H and O–H groups in total. The van der Waals surface area contributed by atoms with E-state index in [0.717, 1.165) is 20.5 Å². The van der Waals surface area contributed by atoms with Gasteiger partial charge in [0.05, 0.1) is 11.3 Å². The summed E-state index contributed by atoms with van der Waals surface area (Å²) in [5, 5.41) is 0.768. The van der Waals surface area contributed by atoms with Crippen LogP contribution >= 0.6 is 23.1 Å². The number of hydrogen-bond acceptors (Lipinski definition) is 4. The molecule has 3 rings (SSSR count). The summed E-state index contributed by atoms with van der Waals surface area (Å²) in [6, 6.07) is 5.17. The Hall–Kier alpha value is -0.910. The van der Waals surface area contributed by atoms with Gasteiger partial charge in [0, 0.05) is 22.2 Å². The summed E-state index contributed by atoms with van der Waals surface area (Å²) in [4.78, 5) is 6.70. The highest BCUT2D eigenvalue weighted by molar-refractivity contribution is 7.98. The number of thiazole rings is 1. The summed E-state index contributed by atoms with van der Waals surface area (Å²) < 4.78 is 14.1. The van der Waals surface area contributed by atoms with Gasteiger partial charge < -0.3 is 5.73 Å². The van der Waals surface area contributed by atoms with Gasteiger partial charge in [-0.05, 0) is 31.2 Å². The van der Waals surface area contributed by atoms with Crippen LogP contribution in [0, 0.1) is 5.82 Å². The maximum Gasteiger partial charge on any atom is 0.134 e. The van der Waals surface area contributed by atoms with Gasteiger partial charge >= 0.3 is 0 Å². The van der Waals surface area contributed by atoms with Crippen molar-refractivity contribution < 1.29 is 4.39 Å². The molecule has 0 bridgehead atoms. The van der Waals surface area contributed by atoms with Crippen LogP contribution in [0.4, 0.5) is 4.39 Å². The molecular weight excluding hydrogens is 279 g/mol. The molecule has 1 aliphatic rings. The number of benzene rings is 1. The summed E-state index contributed by atoms with van der Waals surface area (Å²) in [6.45, 7) is 0.493. The quantitative estimate of drug-likeness (QED) is 0.866. The predicted molar refractivity (Wildman–Crippen MR) is 79.2 cm³/mol. The van der Waals surface area contributed by atoms with Crippen molar-refractivity contribution in [2.75, 3.05) is 6.26 Å². The van der Waals surface area contributed by atoms with E-state index in [9.17, 15) is 4.39 Å². The van der Waals surface area contributed by atoms with Gasteiger partial charge in [-0.1, -0.05) is 6.07 Å². The molecule has 1 saturated carbocycles. The summed E-state index contributed by atoms with van der Waals surface area (Å²) >= 11 is 3.08. The predicted octanol–water partition coefficient (Wildman–Crippen LogP) is 4.01. The van der Waals surface area contributed by atoms with Crippen molar-refractivity contribution in [3.8, 4) is 10.6 Å². The van der Waals surface area contributed by atoms with E-state index in [2.05, 4.69) is 4.98 Å². The molecule has 2 nitrogen and oxygen atoms in total. The van der Waals surface area contributed by atoms with Crippen LogP contribution in [0.15, 0.2) is 23.1 Å². The Morgan fingerprint density at radius 3 is 2.89 bits per heavy atom.